The van der Waals surface area contributed by atoms with Gasteiger partial charge in [-0.25, -0.2) is 8.42 Å². The van der Waals surface area contributed by atoms with Crippen molar-refractivity contribution in [1.29, 1.82) is 0 Å². The number of carbonyl (C=O) groups is 1. The number of ether oxygens (including phenoxy) is 2. The van der Waals surface area contributed by atoms with Crippen LogP contribution in [0.1, 0.15) is 32.3 Å². The molecule has 1 amide bonds. The molecular formula is C19H30N2O5S. The van der Waals surface area contributed by atoms with Gasteiger partial charge in [-0.15, -0.1) is 0 Å². The molecule has 0 spiro atoms. The van der Waals surface area contributed by atoms with Crippen molar-refractivity contribution >= 4 is 21.4 Å². The van der Waals surface area contributed by atoms with E-state index in [1.165, 1.54) is 0 Å². The lowest BCUT2D eigenvalue weighted by molar-refractivity contribution is -0.119. The first-order chi connectivity index (χ1) is 12.7. The molecule has 1 fully saturated rings. The van der Waals surface area contributed by atoms with Gasteiger partial charge in [0, 0.05) is 11.9 Å². The number of hydrogen-bond donors (Lipinski definition) is 2. The van der Waals surface area contributed by atoms with Gasteiger partial charge < -0.3 is 20.1 Å². The van der Waals surface area contributed by atoms with Gasteiger partial charge in [0.15, 0.2) is 14.6 Å². The standard InChI is InChI=1S/C19H30N2O5S/c1-15(2)26-12-11-25-14-16-5-4-6-17(13-16)21-18(22)19(27(3,23)24)7-9-20-10-8-19/h4-6,13,15,20H,7-12,14H2,1-3H3,(H,21,22). The lowest BCUT2D eigenvalue weighted by atomic mass is 9.95. The highest BCUT2D eigenvalue weighted by Gasteiger charge is 2.48. The summed E-state index contributed by atoms with van der Waals surface area (Å²) in [4.78, 5) is 12.8. The number of benzene rings is 1. The first-order valence-corrected chi connectivity index (χ1v) is 11.1. The third-order valence-electron chi connectivity index (χ3n) is 4.67. The third-order valence-corrected chi connectivity index (χ3v) is 6.68. The van der Waals surface area contributed by atoms with Gasteiger partial charge in [0.1, 0.15) is 0 Å². The second-order valence-corrected chi connectivity index (χ2v) is 9.47. The molecule has 0 atom stereocenters. The summed E-state index contributed by atoms with van der Waals surface area (Å²) < 4.78 is 34.3. The fourth-order valence-electron chi connectivity index (χ4n) is 3.11. The highest BCUT2D eigenvalue weighted by atomic mass is 32.2. The second kappa shape index (κ2) is 9.64. The Kier molecular flexibility index (Phi) is 7.79. The molecule has 0 aliphatic carbocycles. The van der Waals surface area contributed by atoms with Crippen LogP contribution >= 0.6 is 0 Å². The molecule has 1 heterocycles. The summed E-state index contributed by atoms with van der Waals surface area (Å²) in [5, 5.41) is 5.90. The van der Waals surface area contributed by atoms with Crippen LogP contribution in [0.5, 0.6) is 0 Å². The van der Waals surface area contributed by atoms with Crippen molar-refractivity contribution in [2.45, 2.75) is 44.1 Å². The van der Waals surface area contributed by atoms with Gasteiger partial charge in [-0.1, -0.05) is 12.1 Å². The molecule has 1 saturated heterocycles. The molecule has 0 saturated carbocycles. The third kappa shape index (κ3) is 6.00. The molecule has 0 bridgehead atoms. The summed E-state index contributed by atoms with van der Waals surface area (Å²) in [5.74, 6) is -0.463. The summed E-state index contributed by atoms with van der Waals surface area (Å²) in [6, 6.07) is 7.27. The normalized spacial score (nSPS) is 17.0. The predicted octanol–water partition coefficient (Wildman–Crippen LogP) is 1.73. The van der Waals surface area contributed by atoms with Crippen molar-refractivity contribution in [2.75, 3.05) is 37.9 Å². The number of piperidine rings is 1. The Hall–Kier alpha value is -1.48. The maximum Gasteiger partial charge on any atom is 0.245 e. The van der Waals surface area contributed by atoms with E-state index in [2.05, 4.69) is 10.6 Å². The highest BCUT2D eigenvalue weighted by Crippen LogP contribution is 2.29. The van der Waals surface area contributed by atoms with E-state index in [9.17, 15) is 13.2 Å². The molecule has 2 N–H and O–H groups in total. The number of amides is 1. The topological polar surface area (TPSA) is 93.7 Å². The molecule has 0 aromatic heterocycles. The second-order valence-electron chi connectivity index (χ2n) is 7.14. The van der Waals surface area contributed by atoms with Crippen LogP contribution in [0.3, 0.4) is 0 Å². The largest absolute Gasteiger partial charge is 0.376 e. The molecule has 7 nitrogen and oxygen atoms in total. The monoisotopic (exact) mass is 398 g/mol. The number of hydrogen-bond acceptors (Lipinski definition) is 6. The van der Waals surface area contributed by atoms with E-state index >= 15 is 0 Å². The maximum absolute atomic E-state index is 12.8. The molecule has 152 valence electrons. The Balaban J connectivity index is 1.99. The van der Waals surface area contributed by atoms with Gasteiger partial charge in [0.05, 0.1) is 25.9 Å². The van der Waals surface area contributed by atoms with Crippen LogP contribution in [0.4, 0.5) is 5.69 Å². The molecular weight excluding hydrogens is 368 g/mol. The van der Waals surface area contributed by atoms with Gasteiger partial charge in [0.2, 0.25) is 5.91 Å². The number of nitrogens with one attached hydrogen (secondary N) is 2. The van der Waals surface area contributed by atoms with Crippen LogP contribution in [0.15, 0.2) is 24.3 Å². The average molecular weight is 399 g/mol. The van der Waals surface area contributed by atoms with Crippen LogP contribution < -0.4 is 10.6 Å². The Labute approximate surface area is 161 Å². The van der Waals surface area contributed by atoms with E-state index in [0.717, 1.165) is 11.8 Å². The lowest BCUT2D eigenvalue weighted by Crippen LogP contribution is -2.55. The zero-order valence-electron chi connectivity index (χ0n) is 16.3. The molecule has 27 heavy (non-hydrogen) atoms. The summed E-state index contributed by atoms with van der Waals surface area (Å²) >= 11 is 0. The van der Waals surface area contributed by atoms with Gasteiger partial charge in [-0.05, 0) is 57.5 Å². The van der Waals surface area contributed by atoms with Crippen LogP contribution in [0.25, 0.3) is 0 Å². The zero-order valence-corrected chi connectivity index (χ0v) is 17.1. The Morgan fingerprint density at radius 2 is 1.96 bits per heavy atom. The van der Waals surface area contributed by atoms with Crippen molar-refractivity contribution in [1.82, 2.24) is 5.32 Å². The molecule has 2 rings (SSSR count). The predicted molar refractivity (Wildman–Crippen MR) is 105 cm³/mol. The molecule has 1 aromatic rings. The van der Waals surface area contributed by atoms with E-state index < -0.39 is 20.5 Å². The smallest absolute Gasteiger partial charge is 0.245 e. The Morgan fingerprint density at radius 1 is 1.26 bits per heavy atom. The number of carbonyl (C=O) groups excluding carboxylic acids is 1. The Bertz CT molecular complexity index is 727. The number of anilines is 1. The fraction of sp³-hybridized carbons (Fsp3) is 0.632. The first-order valence-electron chi connectivity index (χ1n) is 9.25. The molecule has 0 unspecified atom stereocenters. The van der Waals surface area contributed by atoms with Crippen LogP contribution in [-0.4, -0.2) is 57.7 Å². The average Bonchev–Trinajstić information content (AvgIpc) is 2.61. The van der Waals surface area contributed by atoms with Crippen molar-refractivity contribution in [3.05, 3.63) is 29.8 Å². The minimum Gasteiger partial charge on any atom is -0.376 e. The van der Waals surface area contributed by atoms with Gasteiger partial charge >= 0.3 is 0 Å². The number of sulfone groups is 1. The fourth-order valence-corrected chi connectivity index (χ4v) is 4.45. The molecule has 1 aromatic carbocycles. The highest BCUT2D eigenvalue weighted by molar-refractivity contribution is 7.92. The summed E-state index contributed by atoms with van der Waals surface area (Å²) in [6.07, 6.45) is 1.86. The molecule has 8 heteroatoms. The van der Waals surface area contributed by atoms with E-state index in [1.54, 1.807) is 12.1 Å². The van der Waals surface area contributed by atoms with E-state index in [1.807, 2.05) is 26.0 Å². The van der Waals surface area contributed by atoms with Gasteiger partial charge in [-0.3, -0.25) is 4.79 Å². The van der Waals surface area contributed by atoms with Crippen molar-refractivity contribution < 1.29 is 22.7 Å². The summed E-state index contributed by atoms with van der Waals surface area (Å²) in [5.41, 5.74) is 1.47. The van der Waals surface area contributed by atoms with E-state index in [4.69, 9.17) is 9.47 Å². The van der Waals surface area contributed by atoms with Gasteiger partial charge in [-0.2, -0.15) is 0 Å². The minimum absolute atomic E-state index is 0.171. The van der Waals surface area contributed by atoms with Crippen LogP contribution in [-0.2, 0) is 30.7 Å². The maximum atomic E-state index is 12.8. The Morgan fingerprint density at radius 3 is 2.59 bits per heavy atom. The van der Waals surface area contributed by atoms with Crippen molar-refractivity contribution in [3.63, 3.8) is 0 Å². The lowest BCUT2D eigenvalue weighted by Gasteiger charge is -2.34. The molecule has 1 aliphatic heterocycles. The summed E-state index contributed by atoms with van der Waals surface area (Å²) in [6.45, 7) is 6.36. The number of rotatable bonds is 9. The van der Waals surface area contributed by atoms with Crippen molar-refractivity contribution in [2.24, 2.45) is 0 Å². The van der Waals surface area contributed by atoms with E-state index in [-0.39, 0.29) is 18.9 Å². The first kappa shape index (κ1) is 21.8. The minimum atomic E-state index is -3.54. The summed E-state index contributed by atoms with van der Waals surface area (Å²) in [7, 11) is -3.54. The molecule has 1 aliphatic rings. The van der Waals surface area contributed by atoms with Crippen LogP contribution in [0, 0.1) is 0 Å². The zero-order chi connectivity index (χ0) is 19.9. The SMILES string of the molecule is CC(C)OCCOCc1cccc(NC(=O)C2(S(C)(=O)=O)CCNCC2)c1. The molecule has 0 radical (unpaired) electrons. The van der Waals surface area contributed by atoms with Gasteiger partial charge in [0.25, 0.3) is 0 Å². The quantitative estimate of drug-likeness (QED) is 0.616. The van der Waals surface area contributed by atoms with Crippen molar-refractivity contribution in [3.8, 4) is 0 Å². The van der Waals surface area contributed by atoms with E-state index in [0.29, 0.717) is 38.6 Å². The van der Waals surface area contributed by atoms with Crippen LogP contribution in [0.2, 0.25) is 0 Å².